The highest BCUT2D eigenvalue weighted by Gasteiger charge is 2.27. The quantitative estimate of drug-likeness (QED) is 0.619. The zero-order valence-electron chi connectivity index (χ0n) is 8.67. The third-order valence-corrected chi connectivity index (χ3v) is 3.31. The minimum Gasteiger partial charge on any atom is -0.248 e. The molecule has 1 heterocycles. The summed E-state index contributed by atoms with van der Waals surface area (Å²) in [4.78, 5) is 9.47. The van der Waals surface area contributed by atoms with Gasteiger partial charge in [-0.15, -0.1) is 0 Å². The number of benzene rings is 1. The van der Waals surface area contributed by atoms with Crippen molar-refractivity contribution >= 4 is 11.0 Å². The number of aromatic nitrogens is 2. The summed E-state index contributed by atoms with van der Waals surface area (Å²) in [5.41, 5.74) is 4.26. The van der Waals surface area contributed by atoms with Crippen molar-refractivity contribution in [3.05, 3.63) is 60.0 Å². The second kappa shape index (κ2) is 2.79. The number of rotatable bonds is 0. The van der Waals surface area contributed by atoms with Crippen molar-refractivity contribution in [3.8, 4) is 0 Å². The number of fused-ring (bicyclic) bond motifs is 1. The minimum absolute atomic E-state index is 0.331. The molecule has 0 radical (unpaired) electrons. The van der Waals surface area contributed by atoms with Gasteiger partial charge < -0.3 is 0 Å². The highest BCUT2D eigenvalue weighted by molar-refractivity contribution is 5.75. The molecule has 0 spiro atoms. The maximum Gasteiger partial charge on any atom is 0.0890 e. The summed E-state index contributed by atoms with van der Waals surface area (Å²) < 4.78 is 0. The van der Waals surface area contributed by atoms with Crippen LogP contribution in [0.25, 0.3) is 11.0 Å². The van der Waals surface area contributed by atoms with Crippen LogP contribution in [0.1, 0.15) is 23.2 Å². The normalized spacial score (nSPS) is 25.0. The van der Waals surface area contributed by atoms with Crippen LogP contribution in [0.3, 0.4) is 0 Å². The SMILES string of the molecule is C1=CC2C=CC1c1nc3ccccc3nc12. The molecule has 0 saturated carbocycles. The Kier molecular flexibility index (Phi) is 1.43. The summed E-state index contributed by atoms with van der Waals surface area (Å²) in [6.45, 7) is 0. The Bertz CT molecular complexity index is 572. The summed E-state index contributed by atoms with van der Waals surface area (Å²) in [6, 6.07) is 8.07. The number of para-hydroxylation sites is 2. The maximum atomic E-state index is 4.73. The van der Waals surface area contributed by atoms with Gasteiger partial charge in [-0.25, -0.2) is 9.97 Å². The molecule has 0 N–H and O–H groups in total. The van der Waals surface area contributed by atoms with E-state index in [-0.39, 0.29) is 0 Å². The third kappa shape index (κ3) is 0.963. The van der Waals surface area contributed by atoms with Crippen LogP contribution in [0.15, 0.2) is 48.6 Å². The number of hydrogen-bond donors (Lipinski definition) is 0. The van der Waals surface area contributed by atoms with E-state index in [0.29, 0.717) is 11.8 Å². The van der Waals surface area contributed by atoms with Gasteiger partial charge in [0.05, 0.1) is 22.4 Å². The predicted molar refractivity (Wildman–Crippen MR) is 63.3 cm³/mol. The molecule has 2 heteroatoms. The molecule has 2 nitrogen and oxygen atoms in total. The van der Waals surface area contributed by atoms with Crippen LogP contribution < -0.4 is 0 Å². The molecule has 3 aliphatic carbocycles. The Morgan fingerprint density at radius 1 is 0.688 bits per heavy atom. The van der Waals surface area contributed by atoms with E-state index in [1.165, 1.54) is 0 Å². The average molecular weight is 206 g/mol. The summed E-state index contributed by atoms with van der Waals surface area (Å²) in [7, 11) is 0. The van der Waals surface area contributed by atoms with Gasteiger partial charge in [0.25, 0.3) is 0 Å². The van der Waals surface area contributed by atoms with E-state index in [1.54, 1.807) is 0 Å². The first-order valence-electron chi connectivity index (χ1n) is 5.55. The summed E-state index contributed by atoms with van der Waals surface area (Å²) in [5.74, 6) is 0.661. The van der Waals surface area contributed by atoms with Gasteiger partial charge in [0, 0.05) is 11.8 Å². The lowest BCUT2D eigenvalue weighted by Gasteiger charge is -2.26. The van der Waals surface area contributed by atoms with Crippen LogP contribution in [0.2, 0.25) is 0 Å². The molecule has 1 aromatic carbocycles. The molecule has 0 amide bonds. The van der Waals surface area contributed by atoms with Crippen molar-refractivity contribution in [1.82, 2.24) is 9.97 Å². The number of hydrogen-bond acceptors (Lipinski definition) is 2. The Morgan fingerprint density at radius 3 is 1.56 bits per heavy atom. The van der Waals surface area contributed by atoms with Gasteiger partial charge in [-0.2, -0.15) is 0 Å². The highest BCUT2D eigenvalue weighted by Crippen LogP contribution is 2.38. The van der Waals surface area contributed by atoms with Crippen LogP contribution in [-0.4, -0.2) is 9.97 Å². The van der Waals surface area contributed by atoms with Crippen LogP contribution in [0.5, 0.6) is 0 Å². The first kappa shape index (κ1) is 8.22. The van der Waals surface area contributed by atoms with Crippen molar-refractivity contribution in [3.63, 3.8) is 0 Å². The second-order valence-electron chi connectivity index (χ2n) is 4.30. The van der Waals surface area contributed by atoms with Crippen LogP contribution >= 0.6 is 0 Å². The van der Waals surface area contributed by atoms with Gasteiger partial charge in [0.2, 0.25) is 0 Å². The van der Waals surface area contributed by atoms with Crippen LogP contribution in [0, 0.1) is 0 Å². The molecule has 5 rings (SSSR count). The lowest BCUT2D eigenvalue weighted by Crippen LogP contribution is -2.16. The van der Waals surface area contributed by atoms with E-state index in [1.807, 2.05) is 24.3 Å². The Labute approximate surface area is 93.4 Å². The summed E-state index contributed by atoms with van der Waals surface area (Å²) in [5, 5.41) is 0. The van der Waals surface area contributed by atoms with Crippen molar-refractivity contribution in [2.24, 2.45) is 0 Å². The maximum absolute atomic E-state index is 4.73. The molecule has 1 aromatic heterocycles. The van der Waals surface area contributed by atoms with Crippen LogP contribution in [0.4, 0.5) is 0 Å². The van der Waals surface area contributed by atoms with E-state index in [4.69, 9.17) is 9.97 Å². The topological polar surface area (TPSA) is 25.8 Å². The monoisotopic (exact) mass is 206 g/mol. The Morgan fingerprint density at radius 2 is 1.12 bits per heavy atom. The molecule has 0 saturated heterocycles. The van der Waals surface area contributed by atoms with Crippen molar-refractivity contribution < 1.29 is 0 Å². The lowest BCUT2D eigenvalue weighted by atomic mass is 9.82. The van der Waals surface area contributed by atoms with Crippen LogP contribution in [-0.2, 0) is 0 Å². The molecule has 0 aliphatic heterocycles. The van der Waals surface area contributed by atoms with Gasteiger partial charge >= 0.3 is 0 Å². The average Bonchev–Trinajstić information content (AvgIpc) is 2.38. The van der Waals surface area contributed by atoms with Gasteiger partial charge in [0.15, 0.2) is 0 Å². The molecular formula is C14H10N2. The molecule has 2 aromatic rings. The smallest absolute Gasteiger partial charge is 0.0890 e. The molecular weight excluding hydrogens is 196 g/mol. The molecule has 0 atom stereocenters. The fourth-order valence-corrected chi connectivity index (χ4v) is 2.49. The third-order valence-electron chi connectivity index (χ3n) is 3.31. The van der Waals surface area contributed by atoms with Gasteiger partial charge in [-0.3, -0.25) is 0 Å². The molecule has 2 bridgehead atoms. The van der Waals surface area contributed by atoms with Crippen molar-refractivity contribution in [2.75, 3.05) is 0 Å². The first-order chi connectivity index (χ1) is 7.92. The number of nitrogens with zero attached hydrogens (tertiary/aromatic N) is 2. The minimum atomic E-state index is 0.331. The number of allylic oxidation sites excluding steroid dienone is 4. The van der Waals surface area contributed by atoms with E-state index >= 15 is 0 Å². The summed E-state index contributed by atoms with van der Waals surface area (Å²) in [6.07, 6.45) is 8.87. The van der Waals surface area contributed by atoms with Gasteiger partial charge in [-0.1, -0.05) is 36.4 Å². The predicted octanol–water partition coefficient (Wildman–Crippen LogP) is 2.94. The summed E-state index contributed by atoms with van der Waals surface area (Å²) >= 11 is 0. The fourth-order valence-electron chi connectivity index (χ4n) is 2.49. The van der Waals surface area contributed by atoms with Gasteiger partial charge in [-0.05, 0) is 12.1 Å². The van der Waals surface area contributed by atoms with Crippen molar-refractivity contribution in [2.45, 2.75) is 11.8 Å². The first-order valence-corrected chi connectivity index (χ1v) is 5.55. The van der Waals surface area contributed by atoms with Gasteiger partial charge in [0.1, 0.15) is 0 Å². The van der Waals surface area contributed by atoms with E-state index in [2.05, 4.69) is 24.3 Å². The highest BCUT2D eigenvalue weighted by atomic mass is 14.8. The van der Waals surface area contributed by atoms with E-state index in [9.17, 15) is 0 Å². The standard InChI is InChI=1S/C14H10N2/c1-2-4-12-11(3-1)15-13-9-5-7-10(8-6-9)14(13)16-12/h1-10H. The lowest BCUT2D eigenvalue weighted by molar-refractivity contribution is 0.808. The fraction of sp³-hybridized carbons (Fsp3) is 0.143. The molecule has 0 fully saturated rings. The molecule has 3 aliphatic rings. The van der Waals surface area contributed by atoms with E-state index in [0.717, 1.165) is 22.4 Å². The molecule has 76 valence electrons. The molecule has 16 heavy (non-hydrogen) atoms. The second-order valence-corrected chi connectivity index (χ2v) is 4.30. The zero-order chi connectivity index (χ0) is 10.5. The zero-order valence-corrected chi connectivity index (χ0v) is 8.67. The Balaban J connectivity index is 2.08. The van der Waals surface area contributed by atoms with E-state index < -0.39 is 0 Å². The molecule has 0 unspecified atom stereocenters. The van der Waals surface area contributed by atoms with Crippen molar-refractivity contribution in [1.29, 1.82) is 0 Å². The largest absolute Gasteiger partial charge is 0.248 e. The Hall–Kier alpha value is -1.96.